The van der Waals surface area contributed by atoms with Gasteiger partial charge in [-0.05, 0) is 61.1 Å². The van der Waals surface area contributed by atoms with E-state index < -0.39 is 0 Å². The van der Waals surface area contributed by atoms with E-state index in [9.17, 15) is 4.39 Å². The van der Waals surface area contributed by atoms with Crippen molar-refractivity contribution in [1.29, 1.82) is 0 Å². The van der Waals surface area contributed by atoms with Gasteiger partial charge in [0.2, 0.25) is 0 Å². The van der Waals surface area contributed by atoms with Crippen LogP contribution in [0.15, 0.2) is 23.2 Å². The Morgan fingerprint density at radius 3 is 2.88 bits per heavy atom. The lowest BCUT2D eigenvalue weighted by Gasteiger charge is -2.26. The summed E-state index contributed by atoms with van der Waals surface area (Å²) in [6.07, 6.45) is 1.09. The smallest absolute Gasteiger partial charge is 0.161 e. The Kier molecular flexibility index (Phi) is 3.97. The molecule has 92 valence electrons. The molecule has 1 N–H and O–H groups in total. The second-order valence-electron chi connectivity index (χ2n) is 4.58. The minimum atomic E-state index is -0.210. The van der Waals surface area contributed by atoms with Crippen LogP contribution in [0.1, 0.15) is 20.3 Å². The van der Waals surface area contributed by atoms with E-state index in [0.717, 1.165) is 26.6 Å². The minimum absolute atomic E-state index is 0.000943. The quantitative estimate of drug-likeness (QED) is 0.759. The standard InChI is InChI=1S/C12H14FIN2S/c1-12(2)5-6-17-11(16-12)15-10-4-3-8(13)7-9(10)14/h3-4,7H,5-6H2,1-2H3,(H,15,16). The molecule has 17 heavy (non-hydrogen) atoms. The number of rotatable bonds is 1. The van der Waals surface area contributed by atoms with E-state index in [0.29, 0.717) is 0 Å². The lowest BCUT2D eigenvalue weighted by Crippen LogP contribution is -2.27. The number of nitrogens with one attached hydrogen (secondary N) is 1. The van der Waals surface area contributed by atoms with Gasteiger partial charge in [-0.3, -0.25) is 4.99 Å². The maximum atomic E-state index is 13.0. The number of hydrogen-bond acceptors (Lipinski definition) is 3. The van der Waals surface area contributed by atoms with E-state index >= 15 is 0 Å². The summed E-state index contributed by atoms with van der Waals surface area (Å²) in [5.74, 6) is 0.856. The topological polar surface area (TPSA) is 24.4 Å². The maximum Gasteiger partial charge on any atom is 0.161 e. The first kappa shape index (κ1) is 13.1. The molecule has 0 saturated heterocycles. The Labute approximate surface area is 119 Å². The van der Waals surface area contributed by atoms with Crippen LogP contribution >= 0.6 is 34.4 Å². The lowest BCUT2D eigenvalue weighted by molar-refractivity contribution is 0.507. The molecule has 2 rings (SSSR count). The third-order valence-electron chi connectivity index (χ3n) is 2.53. The predicted molar refractivity (Wildman–Crippen MR) is 81.3 cm³/mol. The second-order valence-corrected chi connectivity index (χ2v) is 6.82. The van der Waals surface area contributed by atoms with Crippen molar-refractivity contribution in [3.05, 3.63) is 27.6 Å². The van der Waals surface area contributed by atoms with Crippen molar-refractivity contribution in [1.82, 2.24) is 0 Å². The fourth-order valence-electron chi connectivity index (χ4n) is 1.53. The first-order valence-electron chi connectivity index (χ1n) is 5.41. The molecule has 2 nitrogen and oxygen atoms in total. The average molecular weight is 364 g/mol. The molecule has 1 aromatic carbocycles. The number of hydrogen-bond donors (Lipinski definition) is 1. The lowest BCUT2D eigenvalue weighted by atomic mass is 10.0. The van der Waals surface area contributed by atoms with Gasteiger partial charge in [0.15, 0.2) is 5.17 Å². The third kappa shape index (κ3) is 3.58. The Balaban J connectivity index is 2.18. The number of anilines is 1. The molecule has 5 heteroatoms. The molecule has 0 spiro atoms. The number of amidine groups is 1. The van der Waals surface area contributed by atoms with Crippen molar-refractivity contribution < 1.29 is 4.39 Å². The normalized spacial score (nSPS) is 18.7. The van der Waals surface area contributed by atoms with Gasteiger partial charge in [0.1, 0.15) is 5.82 Å². The van der Waals surface area contributed by atoms with Gasteiger partial charge in [-0.25, -0.2) is 4.39 Å². The highest BCUT2D eigenvalue weighted by atomic mass is 127. The molecule has 1 aromatic rings. The van der Waals surface area contributed by atoms with Gasteiger partial charge in [0.05, 0.1) is 11.2 Å². The summed E-state index contributed by atoms with van der Waals surface area (Å²) in [6.45, 7) is 4.26. The van der Waals surface area contributed by atoms with Gasteiger partial charge in [-0.2, -0.15) is 0 Å². The zero-order valence-electron chi connectivity index (χ0n) is 9.76. The van der Waals surface area contributed by atoms with Gasteiger partial charge >= 0.3 is 0 Å². The zero-order valence-corrected chi connectivity index (χ0v) is 12.7. The molecule has 1 aliphatic rings. The van der Waals surface area contributed by atoms with Crippen LogP contribution in [0, 0.1) is 9.39 Å². The van der Waals surface area contributed by atoms with Crippen LogP contribution in [0.2, 0.25) is 0 Å². The Hall–Kier alpha value is -0.300. The highest BCUT2D eigenvalue weighted by Gasteiger charge is 2.22. The molecular formula is C12H14FIN2S. The van der Waals surface area contributed by atoms with Crippen molar-refractivity contribution in [2.24, 2.45) is 4.99 Å². The van der Waals surface area contributed by atoms with E-state index in [4.69, 9.17) is 0 Å². The van der Waals surface area contributed by atoms with Crippen molar-refractivity contribution in [3.63, 3.8) is 0 Å². The molecule has 0 atom stereocenters. The molecule has 0 aliphatic carbocycles. The highest BCUT2D eigenvalue weighted by Crippen LogP contribution is 2.28. The van der Waals surface area contributed by atoms with Crippen LogP contribution in [0.3, 0.4) is 0 Å². The van der Waals surface area contributed by atoms with Gasteiger partial charge in [0.25, 0.3) is 0 Å². The second kappa shape index (κ2) is 5.14. The summed E-state index contributed by atoms with van der Waals surface area (Å²) in [5.41, 5.74) is 0.912. The average Bonchev–Trinajstić information content (AvgIpc) is 2.21. The van der Waals surface area contributed by atoms with Crippen LogP contribution in [-0.2, 0) is 0 Å². The Bertz CT molecular complexity index is 460. The van der Waals surface area contributed by atoms with Gasteiger partial charge in [0, 0.05) is 9.32 Å². The zero-order chi connectivity index (χ0) is 12.5. The highest BCUT2D eigenvalue weighted by molar-refractivity contribution is 14.1. The fourth-order valence-corrected chi connectivity index (χ4v) is 3.43. The Morgan fingerprint density at radius 1 is 1.47 bits per heavy atom. The molecule has 0 bridgehead atoms. The summed E-state index contributed by atoms with van der Waals surface area (Å²) >= 11 is 3.84. The SMILES string of the molecule is CC1(C)CCSC(Nc2ccc(F)cc2I)=N1. The fraction of sp³-hybridized carbons (Fsp3) is 0.417. The van der Waals surface area contributed by atoms with Crippen LogP contribution < -0.4 is 5.32 Å². The van der Waals surface area contributed by atoms with Crippen LogP contribution in [-0.4, -0.2) is 16.5 Å². The number of nitrogens with zero attached hydrogens (tertiary/aromatic N) is 1. The monoisotopic (exact) mass is 364 g/mol. The summed E-state index contributed by atoms with van der Waals surface area (Å²) < 4.78 is 13.9. The summed E-state index contributed by atoms with van der Waals surface area (Å²) in [7, 11) is 0. The number of aliphatic imine (C=N–C) groups is 1. The van der Waals surface area contributed by atoms with Crippen LogP contribution in [0.4, 0.5) is 10.1 Å². The minimum Gasteiger partial charge on any atom is -0.334 e. The maximum absolute atomic E-state index is 13.0. The van der Waals surface area contributed by atoms with Gasteiger partial charge in [-0.1, -0.05) is 11.8 Å². The van der Waals surface area contributed by atoms with Crippen molar-refractivity contribution in [2.45, 2.75) is 25.8 Å². The molecule has 1 aliphatic heterocycles. The van der Waals surface area contributed by atoms with E-state index in [1.165, 1.54) is 12.1 Å². The first-order chi connectivity index (χ1) is 7.96. The van der Waals surface area contributed by atoms with Crippen molar-refractivity contribution in [3.8, 4) is 0 Å². The van der Waals surface area contributed by atoms with Crippen LogP contribution in [0.25, 0.3) is 0 Å². The number of benzene rings is 1. The predicted octanol–water partition coefficient (Wildman–Crippen LogP) is 4.11. The molecule has 0 amide bonds. The van der Waals surface area contributed by atoms with Gasteiger partial charge < -0.3 is 5.32 Å². The molecule has 0 aromatic heterocycles. The van der Waals surface area contributed by atoms with Crippen molar-refractivity contribution in [2.75, 3.05) is 11.1 Å². The molecule has 0 fully saturated rings. The molecule has 0 unspecified atom stereocenters. The first-order valence-corrected chi connectivity index (χ1v) is 7.47. The number of thioether (sulfide) groups is 1. The largest absolute Gasteiger partial charge is 0.334 e. The third-order valence-corrected chi connectivity index (χ3v) is 4.30. The molecule has 1 heterocycles. The molecule has 0 saturated carbocycles. The Morgan fingerprint density at radius 2 is 2.24 bits per heavy atom. The van der Waals surface area contributed by atoms with Crippen molar-refractivity contribution >= 4 is 45.2 Å². The summed E-state index contributed by atoms with van der Waals surface area (Å²) in [5, 5.41) is 4.19. The van der Waals surface area contributed by atoms with E-state index in [-0.39, 0.29) is 11.4 Å². The van der Waals surface area contributed by atoms with E-state index in [1.54, 1.807) is 17.8 Å². The van der Waals surface area contributed by atoms with E-state index in [1.807, 2.05) is 0 Å². The summed E-state index contributed by atoms with van der Waals surface area (Å²) in [4.78, 5) is 4.64. The molecular weight excluding hydrogens is 350 g/mol. The van der Waals surface area contributed by atoms with E-state index in [2.05, 4.69) is 46.7 Å². The van der Waals surface area contributed by atoms with Gasteiger partial charge in [-0.15, -0.1) is 0 Å². The van der Waals surface area contributed by atoms with Crippen LogP contribution in [0.5, 0.6) is 0 Å². The summed E-state index contributed by atoms with van der Waals surface area (Å²) in [6, 6.07) is 4.73. The molecule has 0 radical (unpaired) electrons. The number of halogens is 2.